The number of nitrogens with one attached hydrogen (secondary N) is 1. The van der Waals surface area contributed by atoms with Gasteiger partial charge < -0.3 is 14.9 Å². The summed E-state index contributed by atoms with van der Waals surface area (Å²) in [6.45, 7) is 5.96. The molecular weight excluding hydrogens is 340 g/mol. The van der Waals surface area contributed by atoms with Crippen LogP contribution in [0.15, 0.2) is 34.9 Å². The highest BCUT2D eigenvalue weighted by molar-refractivity contribution is 7.98. The number of carbonyl (C=O) groups excluding carboxylic acids is 1. The maximum absolute atomic E-state index is 12.3. The molecule has 0 saturated heterocycles. The average Bonchev–Trinajstić information content (AvgIpc) is 3.02. The Bertz CT molecular complexity index is 750. The Balaban J connectivity index is 1.95. The fourth-order valence-electron chi connectivity index (χ4n) is 2.02. The van der Waals surface area contributed by atoms with E-state index < -0.39 is 5.97 Å². The molecule has 0 saturated carbocycles. The molecule has 0 spiro atoms. The summed E-state index contributed by atoms with van der Waals surface area (Å²) in [6, 6.07) is 9.12. The maximum atomic E-state index is 12.3. The molecule has 7 heteroatoms. The van der Waals surface area contributed by atoms with E-state index in [1.54, 1.807) is 23.9 Å². The smallest absolute Gasteiger partial charge is 0.304 e. The van der Waals surface area contributed by atoms with Crippen LogP contribution in [0.5, 0.6) is 0 Å². The number of carboxylic acid groups (broad SMARTS) is 1. The standard InChI is InChI=1S/C18H22N2O4S/c1-18(2,3)15-10-14(20-24-15)17(23)19-13-6-4-5-12(9-13)11-25-8-7-16(21)22/h4-6,9-10H,7-8,11H2,1-3H3,(H,19,23)(H,21,22). The summed E-state index contributed by atoms with van der Waals surface area (Å²) in [5.74, 6) is 0.780. The molecule has 0 fully saturated rings. The van der Waals surface area contributed by atoms with Crippen molar-refractivity contribution in [3.8, 4) is 0 Å². The molecule has 6 nitrogen and oxygen atoms in total. The average molecular weight is 362 g/mol. The molecule has 1 aromatic heterocycles. The molecule has 0 aliphatic carbocycles. The number of anilines is 1. The third kappa shape index (κ3) is 5.94. The summed E-state index contributed by atoms with van der Waals surface area (Å²) in [7, 11) is 0. The van der Waals surface area contributed by atoms with Crippen molar-refractivity contribution in [2.75, 3.05) is 11.1 Å². The Kier molecular flexibility index (Phi) is 6.25. The number of hydrogen-bond donors (Lipinski definition) is 2. The summed E-state index contributed by atoms with van der Waals surface area (Å²) < 4.78 is 5.23. The first-order chi connectivity index (χ1) is 11.8. The second-order valence-electron chi connectivity index (χ2n) is 6.68. The molecule has 0 aliphatic heterocycles. The molecule has 1 heterocycles. The Morgan fingerprint density at radius 2 is 2.04 bits per heavy atom. The van der Waals surface area contributed by atoms with E-state index in [1.807, 2.05) is 39.0 Å². The van der Waals surface area contributed by atoms with Crippen molar-refractivity contribution in [1.29, 1.82) is 0 Å². The van der Waals surface area contributed by atoms with Gasteiger partial charge >= 0.3 is 5.97 Å². The Morgan fingerprint density at radius 3 is 2.68 bits per heavy atom. The zero-order valence-corrected chi connectivity index (χ0v) is 15.4. The van der Waals surface area contributed by atoms with Gasteiger partial charge in [-0.1, -0.05) is 38.1 Å². The molecule has 0 aliphatic rings. The highest BCUT2D eigenvalue weighted by Gasteiger charge is 2.22. The number of aliphatic carboxylic acids is 1. The third-order valence-corrected chi connectivity index (χ3v) is 4.43. The van der Waals surface area contributed by atoms with Crippen LogP contribution in [0.2, 0.25) is 0 Å². The highest BCUT2D eigenvalue weighted by Crippen LogP contribution is 2.23. The third-order valence-electron chi connectivity index (χ3n) is 3.40. The minimum absolute atomic E-state index is 0.142. The quantitative estimate of drug-likeness (QED) is 0.725. The number of nitrogens with zero attached hydrogens (tertiary/aromatic N) is 1. The van der Waals surface area contributed by atoms with Gasteiger partial charge in [0.25, 0.3) is 5.91 Å². The monoisotopic (exact) mass is 362 g/mol. The second kappa shape index (κ2) is 8.20. The zero-order valence-electron chi connectivity index (χ0n) is 14.5. The Labute approximate surface area is 151 Å². The first-order valence-electron chi connectivity index (χ1n) is 7.93. The van der Waals surface area contributed by atoms with Crippen molar-refractivity contribution >= 4 is 29.3 Å². The number of benzene rings is 1. The van der Waals surface area contributed by atoms with Gasteiger partial charge in [0.2, 0.25) is 0 Å². The van der Waals surface area contributed by atoms with E-state index >= 15 is 0 Å². The first-order valence-corrected chi connectivity index (χ1v) is 9.08. The summed E-state index contributed by atoms with van der Waals surface area (Å²) in [5, 5.41) is 15.3. The van der Waals surface area contributed by atoms with Crippen LogP contribution in [0.3, 0.4) is 0 Å². The van der Waals surface area contributed by atoms with E-state index in [9.17, 15) is 9.59 Å². The molecular formula is C18H22N2O4S. The van der Waals surface area contributed by atoms with E-state index in [0.717, 1.165) is 5.56 Å². The van der Waals surface area contributed by atoms with Crippen molar-refractivity contribution in [2.45, 2.75) is 38.4 Å². The van der Waals surface area contributed by atoms with Gasteiger partial charge in [-0.05, 0) is 17.7 Å². The van der Waals surface area contributed by atoms with E-state index in [2.05, 4.69) is 10.5 Å². The van der Waals surface area contributed by atoms with Gasteiger partial charge in [-0.15, -0.1) is 0 Å². The molecule has 0 bridgehead atoms. The summed E-state index contributed by atoms with van der Waals surface area (Å²) >= 11 is 1.54. The number of hydrogen-bond acceptors (Lipinski definition) is 5. The fraction of sp³-hybridized carbons (Fsp3) is 0.389. The minimum atomic E-state index is -0.796. The van der Waals surface area contributed by atoms with Crippen LogP contribution in [-0.4, -0.2) is 27.9 Å². The second-order valence-corrected chi connectivity index (χ2v) is 7.78. The molecule has 134 valence electrons. The number of carbonyl (C=O) groups is 2. The predicted molar refractivity (Wildman–Crippen MR) is 98.0 cm³/mol. The number of rotatable bonds is 7. The van der Waals surface area contributed by atoms with Gasteiger partial charge in [0.05, 0.1) is 6.42 Å². The van der Waals surface area contributed by atoms with Gasteiger partial charge in [-0.25, -0.2) is 0 Å². The summed E-state index contributed by atoms with van der Waals surface area (Å²) in [5.41, 5.74) is 1.72. The van der Waals surface area contributed by atoms with E-state index in [0.29, 0.717) is 23.0 Å². The number of amides is 1. The number of thioether (sulfide) groups is 1. The summed E-state index contributed by atoms with van der Waals surface area (Å²) in [6.07, 6.45) is 0.142. The lowest BCUT2D eigenvalue weighted by atomic mass is 9.93. The van der Waals surface area contributed by atoms with Crippen LogP contribution in [0, 0.1) is 0 Å². The summed E-state index contributed by atoms with van der Waals surface area (Å²) in [4.78, 5) is 22.8. The molecule has 1 aromatic carbocycles. The molecule has 2 aromatic rings. The lowest BCUT2D eigenvalue weighted by Gasteiger charge is -2.12. The van der Waals surface area contributed by atoms with Crippen molar-refractivity contribution < 1.29 is 19.2 Å². The molecule has 25 heavy (non-hydrogen) atoms. The van der Waals surface area contributed by atoms with Crippen LogP contribution in [0.25, 0.3) is 0 Å². The largest absolute Gasteiger partial charge is 0.481 e. The van der Waals surface area contributed by atoms with Gasteiger partial charge in [-0.2, -0.15) is 11.8 Å². The normalized spacial score (nSPS) is 11.3. The van der Waals surface area contributed by atoms with Gasteiger partial charge in [0, 0.05) is 28.7 Å². The molecule has 2 N–H and O–H groups in total. The van der Waals surface area contributed by atoms with E-state index in [1.165, 1.54) is 0 Å². The van der Waals surface area contributed by atoms with Gasteiger partial charge in [-0.3, -0.25) is 9.59 Å². The van der Waals surface area contributed by atoms with E-state index in [4.69, 9.17) is 9.63 Å². The number of carboxylic acids is 1. The highest BCUT2D eigenvalue weighted by atomic mass is 32.2. The van der Waals surface area contributed by atoms with E-state index in [-0.39, 0.29) is 23.4 Å². The van der Waals surface area contributed by atoms with Gasteiger partial charge in [0.1, 0.15) is 5.76 Å². The predicted octanol–water partition coefficient (Wildman–Crippen LogP) is 3.93. The Morgan fingerprint density at radius 1 is 1.28 bits per heavy atom. The van der Waals surface area contributed by atoms with Crippen molar-refractivity contribution in [3.63, 3.8) is 0 Å². The van der Waals surface area contributed by atoms with Crippen molar-refractivity contribution in [2.24, 2.45) is 0 Å². The van der Waals surface area contributed by atoms with Crippen LogP contribution in [0.4, 0.5) is 5.69 Å². The number of aromatic nitrogens is 1. The van der Waals surface area contributed by atoms with Crippen LogP contribution in [-0.2, 0) is 16.0 Å². The van der Waals surface area contributed by atoms with Crippen molar-refractivity contribution in [1.82, 2.24) is 5.16 Å². The lowest BCUT2D eigenvalue weighted by Crippen LogP contribution is -2.13. The topological polar surface area (TPSA) is 92.4 Å². The van der Waals surface area contributed by atoms with Crippen LogP contribution < -0.4 is 5.32 Å². The molecule has 2 rings (SSSR count). The molecule has 0 radical (unpaired) electrons. The van der Waals surface area contributed by atoms with Crippen LogP contribution >= 0.6 is 11.8 Å². The zero-order chi connectivity index (χ0) is 18.4. The lowest BCUT2D eigenvalue weighted by molar-refractivity contribution is -0.136. The molecule has 0 atom stereocenters. The SMILES string of the molecule is CC(C)(C)c1cc(C(=O)Nc2cccc(CSCCC(=O)O)c2)no1. The Hall–Kier alpha value is -2.28. The van der Waals surface area contributed by atoms with Gasteiger partial charge in [0.15, 0.2) is 5.69 Å². The maximum Gasteiger partial charge on any atom is 0.304 e. The minimum Gasteiger partial charge on any atom is -0.481 e. The molecule has 0 unspecified atom stereocenters. The van der Waals surface area contributed by atoms with Crippen LogP contribution in [0.1, 0.15) is 49.0 Å². The fourth-order valence-corrected chi connectivity index (χ4v) is 2.90. The van der Waals surface area contributed by atoms with Crippen molar-refractivity contribution in [3.05, 3.63) is 47.3 Å². The first kappa shape index (κ1) is 19.1. The molecule has 1 amide bonds.